The Morgan fingerprint density at radius 1 is 1.16 bits per heavy atom. The average Bonchev–Trinajstić information content (AvgIpc) is 3.00. The van der Waals surface area contributed by atoms with Gasteiger partial charge in [-0.15, -0.1) is 0 Å². The maximum absolute atomic E-state index is 13.2. The summed E-state index contributed by atoms with van der Waals surface area (Å²) in [5.41, 5.74) is -0.396. The molecule has 9 heteroatoms. The molecule has 3 N–H and O–H groups in total. The van der Waals surface area contributed by atoms with Gasteiger partial charge in [0.05, 0.1) is 22.9 Å². The van der Waals surface area contributed by atoms with Crippen molar-refractivity contribution in [2.24, 2.45) is 5.41 Å². The molecule has 32 heavy (non-hydrogen) atoms. The molecule has 4 rings (SSSR count). The van der Waals surface area contributed by atoms with Crippen LogP contribution in [0.15, 0.2) is 30.4 Å². The van der Waals surface area contributed by atoms with E-state index in [1.54, 1.807) is 18.2 Å². The Kier molecular flexibility index (Phi) is 5.68. The number of carbonyl (C=O) groups is 5. The smallest absolute Gasteiger partial charge is 0.264 e. The quantitative estimate of drug-likeness (QED) is 0.483. The second-order valence-electron chi connectivity index (χ2n) is 8.76. The minimum Gasteiger partial charge on any atom is -0.389 e. The molecule has 0 aromatic heterocycles. The second kappa shape index (κ2) is 8.31. The highest BCUT2D eigenvalue weighted by molar-refractivity contribution is 6.26. The number of aliphatic hydroxyl groups is 1. The lowest BCUT2D eigenvalue weighted by Crippen LogP contribution is -2.54. The van der Waals surface area contributed by atoms with Gasteiger partial charge in [-0.3, -0.25) is 34.2 Å². The number of allylic oxidation sites excluding steroid dienone is 1. The number of aliphatic hydroxyl groups excluding tert-OH is 1. The first-order valence-corrected chi connectivity index (χ1v) is 10.7. The topological polar surface area (TPSA) is 133 Å². The third-order valence-electron chi connectivity index (χ3n) is 6.48. The second-order valence-corrected chi connectivity index (χ2v) is 8.76. The number of piperidine rings is 1. The fourth-order valence-electron chi connectivity index (χ4n) is 4.46. The van der Waals surface area contributed by atoms with E-state index in [-0.39, 0.29) is 35.6 Å². The van der Waals surface area contributed by atoms with Gasteiger partial charge in [0.1, 0.15) is 6.04 Å². The van der Waals surface area contributed by atoms with E-state index in [1.165, 1.54) is 6.07 Å². The van der Waals surface area contributed by atoms with Crippen molar-refractivity contribution in [2.75, 3.05) is 5.32 Å². The zero-order valence-electron chi connectivity index (χ0n) is 17.7. The number of carbonyl (C=O) groups excluding carboxylic acids is 5. The monoisotopic (exact) mass is 439 g/mol. The van der Waals surface area contributed by atoms with E-state index in [0.717, 1.165) is 4.90 Å². The number of fused-ring (bicyclic) bond motifs is 1. The lowest BCUT2D eigenvalue weighted by molar-refractivity contribution is -0.136. The van der Waals surface area contributed by atoms with E-state index < -0.39 is 41.2 Å². The van der Waals surface area contributed by atoms with Crippen molar-refractivity contribution < 1.29 is 29.1 Å². The molecule has 3 atom stereocenters. The number of rotatable bonds is 3. The van der Waals surface area contributed by atoms with Gasteiger partial charge in [-0.05, 0) is 44.2 Å². The summed E-state index contributed by atoms with van der Waals surface area (Å²) in [6.07, 6.45) is 5.19. The molecule has 1 saturated heterocycles. The lowest BCUT2D eigenvalue weighted by atomic mass is 9.78. The Morgan fingerprint density at radius 3 is 2.69 bits per heavy atom. The predicted octanol–water partition coefficient (Wildman–Crippen LogP) is 1.52. The maximum Gasteiger partial charge on any atom is 0.264 e. The number of nitrogens with one attached hydrogen (secondary N) is 2. The Bertz CT molecular complexity index is 1050. The molecule has 0 saturated carbocycles. The maximum atomic E-state index is 13.2. The fourth-order valence-corrected chi connectivity index (χ4v) is 4.46. The average molecular weight is 439 g/mol. The number of imide groups is 2. The first kappa shape index (κ1) is 21.9. The van der Waals surface area contributed by atoms with Crippen LogP contribution in [0, 0.1) is 5.41 Å². The molecule has 9 nitrogen and oxygen atoms in total. The highest BCUT2D eigenvalue weighted by Crippen LogP contribution is 2.36. The van der Waals surface area contributed by atoms with Crippen molar-refractivity contribution in [3.8, 4) is 0 Å². The first-order chi connectivity index (χ1) is 15.2. The van der Waals surface area contributed by atoms with Crippen LogP contribution in [0.3, 0.4) is 0 Å². The SMILES string of the molecule is C[C@@]1(C(=O)Nc2cccc3c2C(=O)N(C2CCC(=O)NC2=O)C3=O)CC/C=C/[C@H](O)CC1. The van der Waals surface area contributed by atoms with E-state index in [2.05, 4.69) is 10.6 Å². The molecule has 168 valence electrons. The Morgan fingerprint density at radius 2 is 1.94 bits per heavy atom. The summed E-state index contributed by atoms with van der Waals surface area (Å²) >= 11 is 0. The van der Waals surface area contributed by atoms with Gasteiger partial charge in [-0.2, -0.15) is 0 Å². The molecular weight excluding hydrogens is 414 g/mol. The third-order valence-corrected chi connectivity index (χ3v) is 6.48. The molecule has 0 bridgehead atoms. The molecule has 2 heterocycles. The van der Waals surface area contributed by atoms with Gasteiger partial charge in [0, 0.05) is 11.8 Å². The molecular formula is C23H25N3O6. The molecule has 0 radical (unpaired) electrons. The molecule has 0 spiro atoms. The molecule has 1 unspecified atom stereocenters. The zero-order valence-corrected chi connectivity index (χ0v) is 17.7. The van der Waals surface area contributed by atoms with Crippen molar-refractivity contribution in [1.82, 2.24) is 10.2 Å². The number of anilines is 1. The molecule has 1 fully saturated rings. The highest BCUT2D eigenvalue weighted by atomic mass is 16.3. The van der Waals surface area contributed by atoms with Gasteiger partial charge in [0.2, 0.25) is 17.7 Å². The number of benzene rings is 1. The van der Waals surface area contributed by atoms with Crippen molar-refractivity contribution in [3.05, 3.63) is 41.5 Å². The predicted molar refractivity (Wildman–Crippen MR) is 113 cm³/mol. The molecule has 1 aromatic rings. The minimum absolute atomic E-state index is 0.0338. The van der Waals surface area contributed by atoms with Gasteiger partial charge in [-0.1, -0.05) is 25.1 Å². The van der Waals surface area contributed by atoms with Crippen LogP contribution < -0.4 is 10.6 Å². The first-order valence-electron chi connectivity index (χ1n) is 10.7. The summed E-state index contributed by atoms with van der Waals surface area (Å²) in [4.78, 5) is 63.9. The Balaban J connectivity index is 1.59. The van der Waals surface area contributed by atoms with Crippen molar-refractivity contribution in [3.63, 3.8) is 0 Å². The van der Waals surface area contributed by atoms with Crippen LogP contribution in [0.2, 0.25) is 0 Å². The summed E-state index contributed by atoms with van der Waals surface area (Å²) in [6, 6.07) is 3.54. The molecule has 5 amide bonds. The van der Waals surface area contributed by atoms with Gasteiger partial charge < -0.3 is 10.4 Å². The molecule has 1 aromatic carbocycles. The van der Waals surface area contributed by atoms with Crippen LogP contribution in [0.25, 0.3) is 0 Å². The van der Waals surface area contributed by atoms with Crippen molar-refractivity contribution in [2.45, 2.75) is 57.6 Å². The Hall–Kier alpha value is -3.33. The van der Waals surface area contributed by atoms with Crippen LogP contribution in [0.4, 0.5) is 5.69 Å². The zero-order chi connectivity index (χ0) is 23.0. The van der Waals surface area contributed by atoms with E-state index in [4.69, 9.17) is 0 Å². The van der Waals surface area contributed by atoms with E-state index in [0.29, 0.717) is 25.7 Å². The number of amides is 5. The van der Waals surface area contributed by atoms with E-state index >= 15 is 0 Å². The third kappa shape index (κ3) is 3.84. The number of hydrogen-bond donors (Lipinski definition) is 3. The van der Waals surface area contributed by atoms with Crippen molar-refractivity contribution >= 4 is 35.2 Å². The summed E-state index contributed by atoms with van der Waals surface area (Å²) in [5, 5.41) is 14.9. The summed E-state index contributed by atoms with van der Waals surface area (Å²) in [6.45, 7) is 1.82. The summed E-state index contributed by atoms with van der Waals surface area (Å²) in [5.74, 6) is -2.72. The van der Waals surface area contributed by atoms with Crippen LogP contribution in [0.1, 0.15) is 66.2 Å². The van der Waals surface area contributed by atoms with Crippen LogP contribution in [0.5, 0.6) is 0 Å². The van der Waals surface area contributed by atoms with E-state index in [9.17, 15) is 29.1 Å². The van der Waals surface area contributed by atoms with Crippen LogP contribution in [-0.4, -0.2) is 51.7 Å². The van der Waals surface area contributed by atoms with Crippen LogP contribution >= 0.6 is 0 Å². The Labute approximate surface area is 184 Å². The van der Waals surface area contributed by atoms with Crippen LogP contribution in [-0.2, 0) is 14.4 Å². The standard InChI is InChI=1S/C23H25N3O6/c1-23(11-3-2-5-13(27)10-12-23)22(32)24-15-7-4-6-14-18(15)21(31)26(20(14)30)16-8-9-17(28)25-19(16)29/h2,4-7,13,16,27H,3,8-12H2,1H3,(H,24,32)(H,25,28,29)/b5-2+/t13-,16?,23+/m0/s1. The minimum atomic E-state index is -1.07. The van der Waals surface area contributed by atoms with Crippen molar-refractivity contribution in [1.29, 1.82) is 0 Å². The highest BCUT2D eigenvalue weighted by Gasteiger charge is 2.46. The number of hydrogen-bond acceptors (Lipinski definition) is 6. The number of nitrogens with zero attached hydrogens (tertiary/aromatic N) is 1. The van der Waals surface area contributed by atoms with Gasteiger partial charge in [-0.25, -0.2) is 0 Å². The van der Waals surface area contributed by atoms with Gasteiger partial charge in [0.15, 0.2) is 0 Å². The molecule has 3 aliphatic rings. The lowest BCUT2D eigenvalue weighted by Gasteiger charge is -2.30. The largest absolute Gasteiger partial charge is 0.389 e. The summed E-state index contributed by atoms with van der Waals surface area (Å²) in [7, 11) is 0. The van der Waals surface area contributed by atoms with Gasteiger partial charge >= 0.3 is 0 Å². The molecule has 1 aliphatic carbocycles. The fraction of sp³-hybridized carbons (Fsp3) is 0.435. The molecule has 2 aliphatic heterocycles. The van der Waals surface area contributed by atoms with Gasteiger partial charge in [0.25, 0.3) is 11.8 Å². The summed E-state index contributed by atoms with van der Waals surface area (Å²) < 4.78 is 0. The normalized spacial score (nSPS) is 29.1. The van der Waals surface area contributed by atoms with E-state index in [1.807, 2.05) is 13.0 Å².